The van der Waals surface area contributed by atoms with Crippen LogP contribution in [-0.4, -0.2) is 12.1 Å². The van der Waals surface area contributed by atoms with Crippen LogP contribution in [0.2, 0.25) is 0 Å². The Morgan fingerprint density at radius 1 is 1.54 bits per heavy atom. The molecule has 0 aromatic rings. The van der Waals surface area contributed by atoms with Gasteiger partial charge in [0, 0.05) is 12.7 Å². The molecule has 72 valence electrons. The summed E-state index contributed by atoms with van der Waals surface area (Å²) in [6, 6.07) is 0. The molecular weight excluding hydrogens is 160 g/mol. The Balaban J connectivity index is 2.39. The Kier molecular flexibility index (Phi) is 3.32. The highest BCUT2D eigenvalue weighted by Crippen LogP contribution is 2.35. The maximum absolute atomic E-state index is 5.53. The Hall–Kier alpha value is -1.02. The van der Waals surface area contributed by atoms with E-state index < -0.39 is 0 Å². The van der Waals surface area contributed by atoms with Crippen molar-refractivity contribution in [1.82, 2.24) is 5.01 Å². The topological polar surface area (TPSA) is 29.3 Å². The molecule has 2 N–H and O–H groups in total. The van der Waals surface area contributed by atoms with Crippen molar-refractivity contribution in [2.75, 3.05) is 7.05 Å². The third-order valence-electron chi connectivity index (χ3n) is 2.31. The molecule has 1 saturated carbocycles. The van der Waals surface area contributed by atoms with Gasteiger partial charge in [-0.15, -0.1) is 0 Å². The molecule has 1 rings (SSSR count). The van der Waals surface area contributed by atoms with Crippen molar-refractivity contribution in [3.05, 3.63) is 36.1 Å². The molecule has 0 aromatic heterocycles. The molecule has 0 saturated heterocycles. The van der Waals surface area contributed by atoms with Crippen molar-refractivity contribution in [2.45, 2.75) is 19.8 Å². The van der Waals surface area contributed by atoms with Gasteiger partial charge in [-0.1, -0.05) is 24.3 Å². The van der Waals surface area contributed by atoms with Crippen LogP contribution in [0.15, 0.2) is 36.1 Å². The predicted octanol–water partition coefficient (Wildman–Crippen LogP) is 2.22. The number of nitrogens with zero attached hydrogens (tertiary/aromatic N) is 1. The largest absolute Gasteiger partial charge is 0.319 e. The molecule has 0 bridgehead atoms. The lowest BCUT2D eigenvalue weighted by atomic mass is 10.2. The predicted molar refractivity (Wildman–Crippen MR) is 56.7 cm³/mol. The monoisotopic (exact) mass is 178 g/mol. The Morgan fingerprint density at radius 3 is 2.62 bits per heavy atom. The van der Waals surface area contributed by atoms with Gasteiger partial charge in [0.05, 0.1) is 0 Å². The lowest BCUT2D eigenvalue weighted by Gasteiger charge is -2.10. The van der Waals surface area contributed by atoms with Crippen molar-refractivity contribution in [1.29, 1.82) is 0 Å². The van der Waals surface area contributed by atoms with Crippen LogP contribution in [0.3, 0.4) is 0 Å². The molecule has 13 heavy (non-hydrogen) atoms. The first kappa shape index (κ1) is 10.1. The van der Waals surface area contributed by atoms with E-state index in [2.05, 4.69) is 12.7 Å². The summed E-state index contributed by atoms with van der Waals surface area (Å²) >= 11 is 0. The molecule has 0 unspecified atom stereocenters. The number of rotatable bonds is 4. The highest BCUT2D eigenvalue weighted by atomic mass is 15.4. The maximum atomic E-state index is 5.53. The molecule has 2 heteroatoms. The van der Waals surface area contributed by atoms with Gasteiger partial charge in [0.2, 0.25) is 0 Å². The fraction of sp³-hybridized carbons (Fsp3) is 0.455. The summed E-state index contributed by atoms with van der Waals surface area (Å²) in [5, 5.41) is 1.60. The third-order valence-corrected chi connectivity index (χ3v) is 2.31. The van der Waals surface area contributed by atoms with E-state index in [1.165, 1.54) is 18.4 Å². The number of allylic oxidation sites excluding steroid dienone is 5. The summed E-state index contributed by atoms with van der Waals surface area (Å²) < 4.78 is 0. The summed E-state index contributed by atoms with van der Waals surface area (Å²) in [5.74, 6) is 6.28. The molecule has 0 radical (unpaired) electrons. The van der Waals surface area contributed by atoms with Crippen molar-refractivity contribution >= 4 is 0 Å². The number of nitrogens with two attached hydrogens (primary N) is 1. The fourth-order valence-electron chi connectivity index (χ4n) is 1.02. The zero-order valence-corrected chi connectivity index (χ0v) is 8.46. The zero-order valence-electron chi connectivity index (χ0n) is 8.46. The minimum Gasteiger partial charge on any atom is -0.319 e. The van der Waals surface area contributed by atoms with Crippen molar-refractivity contribution in [3.63, 3.8) is 0 Å². The molecular formula is C11H18N2. The second-order valence-electron chi connectivity index (χ2n) is 3.63. The van der Waals surface area contributed by atoms with E-state index in [0.717, 1.165) is 11.6 Å². The minimum absolute atomic E-state index is 0.751. The minimum atomic E-state index is 0.751. The molecule has 0 heterocycles. The number of hydrogen-bond acceptors (Lipinski definition) is 2. The molecule has 1 aliphatic carbocycles. The normalized spacial score (nSPS) is 17.9. The average Bonchev–Trinajstić information content (AvgIpc) is 2.85. The van der Waals surface area contributed by atoms with E-state index in [1.807, 2.05) is 26.1 Å². The standard InChI is InChI=1S/C11H18N2/c1-9(11-7-8-11)5-4-6-10(2)13(3)12/h4-6,11H,1,7-8,12H2,2-3H3/b5-4-,10-6+. The van der Waals surface area contributed by atoms with Crippen LogP contribution in [0.5, 0.6) is 0 Å². The van der Waals surface area contributed by atoms with Gasteiger partial charge >= 0.3 is 0 Å². The van der Waals surface area contributed by atoms with Crippen LogP contribution in [0.4, 0.5) is 0 Å². The summed E-state index contributed by atoms with van der Waals surface area (Å²) in [7, 11) is 1.83. The van der Waals surface area contributed by atoms with Crippen molar-refractivity contribution in [3.8, 4) is 0 Å². The lowest BCUT2D eigenvalue weighted by molar-refractivity contribution is 0.442. The van der Waals surface area contributed by atoms with Crippen LogP contribution in [0, 0.1) is 5.92 Å². The molecule has 0 aromatic carbocycles. The van der Waals surface area contributed by atoms with Gasteiger partial charge in [0.15, 0.2) is 0 Å². The van der Waals surface area contributed by atoms with E-state index in [4.69, 9.17) is 5.84 Å². The summed E-state index contributed by atoms with van der Waals surface area (Å²) in [6.45, 7) is 5.97. The second kappa shape index (κ2) is 4.28. The van der Waals surface area contributed by atoms with Crippen LogP contribution in [0.1, 0.15) is 19.8 Å². The van der Waals surface area contributed by atoms with Gasteiger partial charge < -0.3 is 5.01 Å². The van der Waals surface area contributed by atoms with Crippen LogP contribution >= 0.6 is 0 Å². The third kappa shape index (κ3) is 3.47. The lowest BCUT2D eigenvalue weighted by Crippen LogP contribution is -2.23. The SMILES string of the molecule is C=C(/C=C\C=C(/C)N(C)N)C1CC1. The van der Waals surface area contributed by atoms with Crippen molar-refractivity contribution in [2.24, 2.45) is 11.8 Å². The van der Waals surface area contributed by atoms with E-state index >= 15 is 0 Å². The zero-order chi connectivity index (χ0) is 9.84. The first-order valence-electron chi connectivity index (χ1n) is 4.63. The first-order chi connectivity index (χ1) is 6.11. The van der Waals surface area contributed by atoms with Gasteiger partial charge in [0.1, 0.15) is 0 Å². The van der Waals surface area contributed by atoms with E-state index in [9.17, 15) is 0 Å². The number of hydrogen-bond donors (Lipinski definition) is 1. The van der Waals surface area contributed by atoms with Crippen LogP contribution in [0.25, 0.3) is 0 Å². The molecule has 0 spiro atoms. The number of hydrazine groups is 1. The van der Waals surface area contributed by atoms with E-state index in [0.29, 0.717) is 0 Å². The Morgan fingerprint density at radius 2 is 2.15 bits per heavy atom. The smallest absolute Gasteiger partial charge is 0.0257 e. The van der Waals surface area contributed by atoms with Gasteiger partial charge in [0.25, 0.3) is 0 Å². The summed E-state index contributed by atoms with van der Waals surface area (Å²) in [5.41, 5.74) is 2.28. The molecule has 1 aliphatic rings. The second-order valence-corrected chi connectivity index (χ2v) is 3.63. The van der Waals surface area contributed by atoms with Gasteiger partial charge in [-0.25, -0.2) is 5.84 Å². The maximum Gasteiger partial charge on any atom is 0.0257 e. The summed E-state index contributed by atoms with van der Waals surface area (Å²) in [4.78, 5) is 0. The van der Waals surface area contributed by atoms with Gasteiger partial charge in [-0.05, 0) is 31.8 Å². The molecule has 2 nitrogen and oxygen atoms in total. The highest BCUT2D eigenvalue weighted by molar-refractivity contribution is 5.25. The fourth-order valence-corrected chi connectivity index (χ4v) is 1.02. The Bertz CT molecular complexity index is 245. The highest BCUT2D eigenvalue weighted by Gasteiger charge is 2.22. The van der Waals surface area contributed by atoms with Crippen LogP contribution in [-0.2, 0) is 0 Å². The van der Waals surface area contributed by atoms with Crippen LogP contribution < -0.4 is 5.84 Å². The van der Waals surface area contributed by atoms with Crippen molar-refractivity contribution < 1.29 is 0 Å². The van der Waals surface area contributed by atoms with Gasteiger partial charge in [-0.2, -0.15) is 0 Å². The first-order valence-corrected chi connectivity index (χ1v) is 4.63. The Labute approximate surface area is 80.4 Å². The molecule has 0 atom stereocenters. The van der Waals surface area contributed by atoms with Gasteiger partial charge in [-0.3, -0.25) is 0 Å². The molecule has 0 aliphatic heterocycles. The molecule has 1 fully saturated rings. The van der Waals surface area contributed by atoms with E-state index in [1.54, 1.807) is 5.01 Å². The quantitative estimate of drug-likeness (QED) is 0.406. The van der Waals surface area contributed by atoms with E-state index in [-0.39, 0.29) is 0 Å². The average molecular weight is 178 g/mol. The summed E-state index contributed by atoms with van der Waals surface area (Å²) in [6.07, 6.45) is 8.70. The molecule has 0 amide bonds.